The van der Waals surface area contributed by atoms with E-state index in [2.05, 4.69) is 16.0 Å². The van der Waals surface area contributed by atoms with Gasteiger partial charge >= 0.3 is 11.9 Å². The Morgan fingerprint density at radius 1 is 0.800 bits per heavy atom. The Bertz CT molecular complexity index is 716. The van der Waals surface area contributed by atoms with Gasteiger partial charge in [-0.05, 0) is 50.5 Å². The summed E-state index contributed by atoms with van der Waals surface area (Å²) < 4.78 is 0. The quantitative estimate of drug-likeness (QED) is 0.125. The van der Waals surface area contributed by atoms with Gasteiger partial charge in [-0.1, -0.05) is 34.1 Å². The van der Waals surface area contributed by atoms with Gasteiger partial charge < -0.3 is 37.6 Å². The average Bonchev–Trinajstić information content (AvgIpc) is 2.78. The van der Waals surface area contributed by atoms with Crippen LogP contribution in [0.1, 0.15) is 72.6 Å². The number of carbonyl (C=O) groups excluding carboxylic acids is 3. The summed E-state index contributed by atoms with van der Waals surface area (Å²) in [4.78, 5) is 61.1. The van der Waals surface area contributed by atoms with Crippen molar-refractivity contribution in [3.8, 4) is 0 Å². The Morgan fingerprint density at radius 3 is 1.83 bits per heavy atom. The molecule has 0 saturated heterocycles. The molecule has 0 aliphatic carbocycles. The monoisotopic (exact) mass is 501 g/mol. The fourth-order valence-corrected chi connectivity index (χ4v) is 3.31. The van der Waals surface area contributed by atoms with Crippen LogP contribution in [-0.4, -0.2) is 70.6 Å². The number of carboxylic acid groups (broad SMARTS) is 2. The molecule has 0 aromatic heterocycles. The molecule has 0 aliphatic rings. The van der Waals surface area contributed by atoms with Crippen LogP contribution in [0.2, 0.25) is 0 Å². The molecule has 35 heavy (non-hydrogen) atoms. The summed E-state index contributed by atoms with van der Waals surface area (Å²) in [6, 6.07) is -4.33. The molecule has 5 unspecified atom stereocenters. The molecule has 0 aromatic carbocycles. The van der Waals surface area contributed by atoms with Gasteiger partial charge in [-0.3, -0.25) is 19.2 Å². The van der Waals surface area contributed by atoms with Gasteiger partial charge in [-0.15, -0.1) is 0 Å². The normalized spacial score (nSPS) is 15.4. The van der Waals surface area contributed by atoms with E-state index in [0.717, 1.165) is 0 Å². The molecule has 3 amide bonds. The maximum absolute atomic E-state index is 13.0. The molecule has 12 nitrogen and oxygen atoms in total. The van der Waals surface area contributed by atoms with E-state index in [1.54, 1.807) is 6.92 Å². The molecule has 0 bridgehead atoms. The van der Waals surface area contributed by atoms with E-state index in [0.29, 0.717) is 25.8 Å². The predicted molar refractivity (Wildman–Crippen MR) is 130 cm³/mol. The van der Waals surface area contributed by atoms with Gasteiger partial charge in [0.05, 0.1) is 6.04 Å². The van der Waals surface area contributed by atoms with Crippen LogP contribution >= 0.6 is 0 Å². The van der Waals surface area contributed by atoms with E-state index in [4.69, 9.17) is 16.6 Å². The van der Waals surface area contributed by atoms with Crippen LogP contribution in [0.4, 0.5) is 0 Å². The summed E-state index contributed by atoms with van der Waals surface area (Å²) in [7, 11) is 0. The number of hydrogen-bond donors (Lipinski definition) is 7. The standard InChI is InChI=1S/C23H43N5O7/c1-5-14(4)19(25)22(33)26-15(9-10-18(29)30)20(31)28-17(12-13(2)3)21(32)27-16(23(34)35)8-6-7-11-24/h13-17,19H,5-12,24-25H2,1-4H3,(H,26,33)(H,27,32)(H,28,31)(H,29,30)(H,34,35). The molecule has 0 saturated carbocycles. The van der Waals surface area contributed by atoms with Crippen LogP contribution in [0.15, 0.2) is 0 Å². The highest BCUT2D eigenvalue weighted by atomic mass is 16.4. The maximum atomic E-state index is 13.0. The highest BCUT2D eigenvalue weighted by molar-refractivity contribution is 5.94. The molecule has 0 aromatic rings. The van der Waals surface area contributed by atoms with Crippen LogP contribution in [0, 0.1) is 11.8 Å². The van der Waals surface area contributed by atoms with E-state index in [-0.39, 0.29) is 37.5 Å². The first kappa shape index (κ1) is 32.3. The van der Waals surface area contributed by atoms with Crippen molar-refractivity contribution in [3.05, 3.63) is 0 Å². The summed E-state index contributed by atoms with van der Waals surface area (Å²) in [5.74, 6) is -4.56. The minimum absolute atomic E-state index is 0.0301. The summed E-state index contributed by atoms with van der Waals surface area (Å²) in [5, 5.41) is 26.0. The summed E-state index contributed by atoms with van der Waals surface area (Å²) in [5.41, 5.74) is 11.4. The van der Waals surface area contributed by atoms with Gasteiger partial charge in [0, 0.05) is 6.42 Å². The second kappa shape index (κ2) is 16.8. The lowest BCUT2D eigenvalue weighted by Crippen LogP contribution is -2.57. The molecule has 5 atom stereocenters. The van der Waals surface area contributed by atoms with Crippen molar-refractivity contribution in [3.63, 3.8) is 0 Å². The molecule has 12 heteroatoms. The fraction of sp³-hybridized carbons (Fsp3) is 0.783. The van der Waals surface area contributed by atoms with Gasteiger partial charge in [0.2, 0.25) is 17.7 Å². The number of aliphatic carboxylic acids is 2. The van der Waals surface area contributed by atoms with E-state index >= 15 is 0 Å². The summed E-state index contributed by atoms with van der Waals surface area (Å²) in [6.07, 6.45) is 1.55. The van der Waals surface area contributed by atoms with Crippen molar-refractivity contribution in [1.82, 2.24) is 16.0 Å². The largest absolute Gasteiger partial charge is 0.481 e. The smallest absolute Gasteiger partial charge is 0.326 e. The number of rotatable bonds is 18. The Balaban J connectivity index is 5.55. The Hall–Kier alpha value is -2.73. The van der Waals surface area contributed by atoms with Gasteiger partial charge in [-0.2, -0.15) is 0 Å². The number of nitrogens with two attached hydrogens (primary N) is 2. The first-order chi connectivity index (χ1) is 16.3. The number of hydrogen-bond acceptors (Lipinski definition) is 7. The zero-order chi connectivity index (χ0) is 27.1. The zero-order valence-electron chi connectivity index (χ0n) is 21.2. The zero-order valence-corrected chi connectivity index (χ0v) is 21.2. The third kappa shape index (κ3) is 13.1. The Morgan fingerprint density at radius 2 is 1.34 bits per heavy atom. The lowest BCUT2D eigenvalue weighted by atomic mass is 9.98. The number of nitrogens with one attached hydrogen (secondary N) is 3. The van der Waals surface area contributed by atoms with Crippen molar-refractivity contribution in [1.29, 1.82) is 0 Å². The molecular weight excluding hydrogens is 458 g/mol. The van der Waals surface area contributed by atoms with Crippen LogP contribution in [0.5, 0.6) is 0 Å². The fourth-order valence-electron chi connectivity index (χ4n) is 3.31. The average molecular weight is 502 g/mol. The molecule has 0 aliphatic heterocycles. The maximum Gasteiger partial charge on any atom is 0.326 e. The van der Waals surface area contributed by atoms with Crippen molar-refractivity contribution < 1.29 is 34.2 Å². The van der Waals surface area contributed by atoms with Crippen LogP contribution in [0.3, 0.4) is 0 Å². The second-order valence-electron chi connectivity index (χ2n) is 9.28. The van der Waals surface area contributed by atoms with Crippen molar-refractivity contribution >= 4 is 29.7 Å². The van der Waals surface area contributed by atoms with Gasteiger partial charge in [-0.25, -0.2) is 4.79 Å². The first-order valence-corrected chi connectivity index (χ1v) is 12.1. The number of carboxylic acids is 2. The number of unbranched alkanes of at least 4 members (excludes halogenated alkanes) is 1. The summed E-state index contributed by atoms with van der Waals surface area (Å²) >= 11 is 0. The minimum atomic E-state index is -1.23. The molecule has 9 N–H and O–H groups in total. The van der Waals surface area contributed by atoms with E-state index < -0.39 is 53.8 Å². The Kier molecular flexibility index (Phi) is 15.5. The number of carbonyl (C=O) groups is 5. The lowest BCUT2D eigenvalue weighted by molar-refractivity contribution is -0.142. The molecule has 0 fully saturated rings. The van der Waals surface area contributed by atoms with Crippen LogP contribution in [-0.2, 0) is 24.0 Å². The Labute approximate surface area is 206 Å². The highest BCUT2D eigenvalue weighted by Crippen LogP contribution is 2.10. The van der Waals surface area contributed by atoms with Crippen LogP contribution < -0.4 is 27.4 Å². The molecule has 0 radical (unpaired) electrons. The van der Waals surface area contributed by atoms with E-state index in [9.17, 15) is 29.1 Å². The SMILES string of the molecule is CCC(C)C(N)C(=O)NC(CCC(=O)O)C(=O)NC(CC(C)C)C(=O)NC(CCCCN)C(=O)O. The summed E-state index contributed by atoms with van der Waals surface area (Å²) in [6.45, 7) is 7.71. The van der Waals surface area contributed by atoms with Crippen LogP contribution in [0.25, 0.3) is 0 Å². The molecule has 0 spiro atoms. The third-order valence-corrected chi connectivity index (χ3v) is 5.74. The highest BCUT2D eigenvalue weighted by Gasteiger charge is 2.31. The third-order valence-electron chi connectivity index (χ3n) is 5.74. The first-order valence-electron chi connectivity index (χ1n) is 12.1. The van der Waals surface area contributed by atoms with Crippen molar-refractivity contribution in [2.24, 2.45) is 23.3 Å². The molecule has 0 rings (SSSR count). The van der Waals surface area contributed by atoms with Gasteiger partial charge in [0.1, 0.15) is 18.1 Å². The number of amides is 3. The van der Waals surface area contributed by atoms with Crippen molar-refractivity contribution in [2.75, 3.05) is 6.54 Å². The lowest BCUT2D eigenvalue weighted by Gasteiger charge is -2.26. The minimum Gasteiger partial charge on any atom is -0.481 e. The van der Waals surface area contributed by atoms with E-state index in [1.807, 2.05) is 20.8 Å². The second-order valence-corrected chi connectivity index (χ2v) is 9.28. The topological polar surface area (TPSA) is 214 Å². The molecule has 202 valence electrons. The molecular formula is C23H43N5O7. The van der Waals surface area contributed by atoms with E-state index in [1.165, 1.54) is 0 Å². The van der Waals surface area contributed by atoms with Gasteiger partial charge in [0.25, 0.3) is 0 Å². The molecule has 0 heterocycles. The van der Waals surface area contributed by atoms with Gasteiger partial charge in [0.15, 0.2) is 0 Å². The van der Waals surface area contributed by atoms with Crippen molar-refractivity contribution in [2.45, 2.75) is 96.8 Å². The predicted octanol–water partition coefficient (Wildman–Crippen LogP) is -0.0613.